The number of anilines is 1. The number of benzene rings is 2. The normalized spacial score (nSPS) is 13.8. The van der Waals surface area contributed by atoms with Crippen LogP contribution in [-0.4, -0.2) is 45.6 Å². The van der Waals surface area contributed by atoms with E-state index in [0.717, 1.165) is 32.4 Å². The van der Waals surface area contributed by atoms with Gasteiger partial charge in [0.25, 0.3) is 11.8 Å². The van der Waals surface area contributed by atoms with Crippen LogP contribution in [0, 0.1) is 5.82 Å². The van der Waals surface area contributed by atoms with Gasteiger partial charge < -0.3 is 10.2 Å². The van der Waals surface area contributed by atoms with Gasteiger partial charge in [-0.25, -0.2) is 9.37 Å². The van der Waals surface area contributed by atoms with Crippen molar-refractivity contribution in [2.24, 2.45) is 0 Å². The van der Waals surface area contributed by atoms with Crippen molar-refractivity contribution in [3.05, 3.63) is 71.8 Å². The van der Waals surface area contributed by atoms with Crippen molar-refractivity contribution in [1.82, 2.24) is 14.5 Å². The van der Waals surface area contributed by atoms with Gasteiger partial charge in [-0.2, -0.15) is 0 Å². The summed E-state index contributed by atoms with van der Waals surface area (Å²) in [6.45, 7) is 1.46. The molecule has 1 aliphatic rings. The molecule has 0 unspecified atom stereocenters. The Hall–Kier alpha value is -3.13. The summed E-state index contributed by atoms with van der Waals surface area (Å²) in [4.78, 5) is 32.4. The third-order valence-corrected chi connectivity index (χ3v) is 5.93. The van der Waals surface area contributed by atoms with Crippen molar-refractivity contribution in [1.29, 1.82) is 0 Å². The van der Waals surface area contributed by atoms with Crippen LogP contribution in [0.2, 0.25) is 0 Å². The first-order valence-electron chi connectivity index (χ1n) is 10.2. The highest BCUT2D eigenvalue weighted by molar-refractivity contribution is 7.98. The van der Waals surface area contributed by atoms with Crippen LogP contribution >= 0.6 is 11.8 Å². The fourth-order valence-corrected chi connectivity index (χ4v) is 4.26. The highest BCUT2D eigenvalue weighted by Gasteiger charge is 2.23. The number of carbonyl (C=O) groups is 2. The van der Waals surface area contributed by atoms with E-state index in [9.17, 15) is 14.0 Å². The van der Waals surface area contributed by atoms with Gasteiger partial charge in [0, 0.05) is 18.8 Å². The van der Waals surface area contributed by atoms with Gasteiger partial charge in [0.15, 0.2) is 5.16 Å². The predicted molar refractivity (Wildman–Crippen MR) is 119 cm³/mol. The van der Waals surface area contributed by atoms with Gasteiger partial charge in [0.1, 0.15) is 11.5 Å². The Bertz CT molecular complexity index is 1090. The van der Waals surface area contributed by atoms with Crippen LogP contribution < -0.4 is 5.32 Å². The summed E-state index contributed by atoms with van der Waals surface area (Å²) in [7, 11) is 0. The highest BCUT2D eigenvalue weighted by Crippen LogP contribution is 2.24. The molecule has 4 rings (SSSR count). The molecular weight excluding hydrogens is 415 g/mol. The minimum absolute atomic E-state index is 0.0764. The summed E-state index contributed by atoms with van der Waals surface area (Å²) >= 11 is 1.38. The second-order valence-electron chi connectivity index (χ2n) is 7.29. The summed E-state index contributed by atoms with van der Waals surface area (Å²) in [5.74, 6) is -0.825. The molecule has 0 atom stereocenters. The molecule has 0 saturated carbocycles. The Balaban J connectivity index is 1.63. The predicted octanol–water partition coefficient (Wildman–Crippen LogP) is 4.61. The number of halogens is 1. The monoisotopic (exact) mass is 438 g/mol. The number of hydrogen-bond donors (Lipinski definition) is 1. The van der Waals surface area contributed by atoms with E-state index in [-0.39, 0.29) is 11.7 Å². The zero-order valence-electron chi connectivity index (χ0n) is 17.2. The molecule has 31 heavy (non-hydrogen) atoms. The maximum Gasteiger partial charge on any atom is 0.274 e. The molecule has 0 radical (unpaired) electrons. The lowest BCUT2D eigenvalue weighted by atomic mass is 10.1. The number of nitrogens with one attached hydrogen (secondary N) is 1. The van der Waals surface area contributed by atoms with Gasteiger partial charge in [-0.3, -0.25) is 14.2 Å². The first-order valence-corrected chi connectivity index (χ1v) is 11.4. The number of carbonyl (C=O) groups excluding carboxylic acids is 2. The topological polar surface area (TPSA) is 67.2 Å². The van der Waals surface area contributed by atoms with Crippen LogP contribution in [0.25, 0.3) is 5.69 Å². The fourth-order valence-electron chi connectivity index (χ4n) is 3.71. The average molecular weight is 439 g/mol. The standard InChI is InChI=1S/C23H23FN4O2S/c1-31-23-25-15-20(28(23)17-11-9-16(24)10-12-17)21(29)26-19-8-4-3-7-18(19)22(30)27-13-5-2-6-14-27/h3-4,7-12,15H,2,5-6,13-14H2,1H3,(H,26,29). The molecule has 1 N–H and O–H groups in total. The summed E-state index contributed by atoms with van der Waals surface area (Å²) in [5.41, 5.74) is 1.86. The quantitative estimate of drug-likeness (QED) is 0.591. The van der Waals surface area contributed by atoms with E-state index in [2.05, 4.69) is 10.3 Å². The zero-order valence-corrected chi connectivity index (χ0v) is 18.0. The second-order valence-corrected chi connectivity index (χ2v) is 8.07. The number of rotatable bonds is 5. The fraction of sp³-hybridized carbons (Fsp3) is 0.261. The summed E-state index contributed by atoms with van der Waals surface area (Å²) in [6.07, 6.45) is 6.46. The van der Waals surface area contributed by atoms with Gasteiger partial charge in [-0.15, -0.1) is 0 Å². The Morgan fingerprint density at radius 3 is 2.45 bits per heavy atom. The number of para-hydroxylation sites is 1. The van der Waals surface area contributed by atoms with Gasteiger partial charge in [0.2, 0.25) is 0 Å². The molecule has 2 heterocycles. The minimum atomic E-state index is -0.393. The maximum absolute atomic E-state index is 13.4. The number of nitrogens with zero attached hydrogens (tertiary/aromatic N) is 3. The van der Waals surface area contributed by atoms with Crippen LogP contribution in [0.4, 0.5) is 10.1 Å². The third-order valence-electron chi connectivity index (χ3n) is 5.28. The van der Waals surface area contributed by atoms with E-state index < -0.39 is 5.91 Å². The smallest absolute Gasteiger partial charge is 0.274 e. The van der Waals surface area contributed by atoms with Crippen molar-refractivity contribution in [3.63, 3.8) is 0 Å². The van der Waals surface area contributed by atoms with Crippen molar-refractivity contribution in [3.8, 4) is 5.69 Å². The largest absolute Gasteiger partial charge is 0.339 e. The Morgan fingerprint density at radius 2 is 1.74 bits per heavy atom. The second kappa shape index (κ2) is 9.34. The molecule has 6 nitrogen and oxygen atoms in total. The van der Waals surface area contributed by atoms with Crippen molar-refractivity contribution in [2.45, 2.75) is 24.4 Å². The van der Waals surface area contributed by atoms with E-state index in [1.165, 1.54) is 30.1 Å². The van der Waals surface area contributed by atoms with Crippen LogP contribution in [0.15, 0.2) is 59.9 Å². The molecule has 1 aliphatic heterocycles. The molecule has 3 aromatic rings. The maximum atomic E-state index is 13.4. The summed E-state index contributed by atoms with van der Waals surface area (Å²) < 4.78 is 15.1. The third kappa shape index (κ3) is 4.49. The number of imidazole rings is 1. The van der Waals surface area contributed by atoms with Gasteiger partial charge in [0.05, 0.1) is 17.4 Å². The van der Waals surface area contributed by atoms with Crippen molar-refractivity contribution in [2.75, 3.05) is 24.7 Å². The van der Waals surface area contributed by atoms with Crippen LogP contribution in [0.1, 0.15) is 40.1 Å². The number of hydrogen-bond acceptors (Lipinski definition) is 4. The molecule has 1 aromatic heterocycles. The van der Waals surface area contributed by atoms with Gasteiger partial charge in [-0.05, 0) is 61.9 Å². The Kier molecular flexibility index (Phi) is 6.36. The van der Waals surface area contributed by atoms with E-state index in [1.807, 2.05) is 11.2 Å². The summed E-state index contributed by atoms with van der Waals surface area (Å²) in [6, 6.07) is 12.9. The molecule has 0 spiro atoms. The van der Waals surface area contributed by atoms with E-state index in [4.69, 9.17) is 0 Å². The van der Waals surface area contributed by atoms with Crippen molar-refractivity contribution < 1.29 is 14.0 Å². The number of thioether (sulfide) groups is 1. The average Bonchev–Trinajstić information content (AvgIpc) is 3.24. The molecule has 160 valence electrons. The summed E-state index contributed by atoms with van der Waals surface area (Å²) in [5, 5.41) is 3.48. The molecule has 2 aromatic carbocycles. The molecular formula is C23H23FN4O2S. The highest BCUT2D eigenvalue weighted by atomic mass is 32.2. The number of likely N-dealkylation sites (tertiary alicyclic amines) is 1. The van der Waals surface area contributed by atoms with E-state index >= 15 is 0 Å². The van der Waals surface area contributed by atoms with E-state index in [0.29, 0.717) is 27.8 Å². The van der Waals surface area contributed by atoms with Crippen LogP contribution in [0.3, 0.4) is 0 Å². The molecule has 8 heteroatoms. The molecule has 0 bridgehead atoms. The molecule has 0 aliphatic carbocycles. The van der Waals surface area contributed by atoms with E-state index in [1.54, 1.807) is 41.0 Å². The number of piperidine rings is 1. The lowest BCUT2D eigenvalue weighted by Gasteiger charge is -2.27. The minimum Gasteiger partial charge on any atom is -0.339 e. The van der Waals surface area contributed by atoms with Crippen LogP contribution in [-0.2, 0) is 0 Å². The lowest BCUT2D eigenvalue weighted by Crippen LogP contribution is -2.36. The SMILES string of the molecule is CSc1ncc(C(=O)Nc2ccccc2C(=O)N2CCCCC2)n1-c1ccc(F)cc1. The van der Waals surface area contributed by atoms with Crippen LogP contribution in [0.5, 0.6) is 0 Å². The van der Waals surface area contributed by atoms with Gasteiger partial charge in [-0.1, -0.05) is 23.9 Å². The van der Waals surface area contributed by atoms with Crippen molar-refractivity contribution >= 4 is 29.3 Å². The first kappa shape index (κ1) is 21.1. The Morgan fingerprint density at radius 1 is 1.03 bits per heavy atom. The first-order chi connectivity index (χ1) is 15.1. The van der Waals surface area contributed by atoms with Gasteiger partial charge >= 0.3 is 0 Å². The molecule has 1 fully saturated rings. The zero-order chi connectivity index (χ0) is 21.8. The Labute approximate surface area is 184 Å². The lowest BCUT2D eigenvalue weighted by molar-refractivity contribution is 0.0725. The number of aromatic nitrogens is 2. The molecule has 2 amide bonds. The molecule has 1 saturated heterocycles. The number of amides is 2.